The van der Waals surface area contributed by atoms with E-state index in [9.17, 15) is 27.2 Å². The van der Waals surface area contributed by atoms with Crippen LogP contribution in [0.3, 0.4) is 0 Å². The third-order valence-electron chi connectivity index (χ3n) is 2.71. The maximum atomic E-state index is 13.0. The van der Waals surface area contributed by atoms with Crippen LogP contribution in [-0.4, -0.2) is 37.2 Å². The molecule has 1 amide bonds. The highest BCUT2D eigenvalue weighted by atomic mass is 19.3. The van der Waals surface area contributed by atoms with Gasteiger partial charge in [-0.1, -0.05) is 0 Å². The molecule has 108 valence electrons. The molecule has 1 aliphatic rings. The number of ether oxygens (including phenoxy) is 1. The summed E-state index contributed by atoms with van der Waals surface area (Å²) in [6.45, 7) is 0.392. The molecule has 1 heterocycles. The second kappa shape index (κ2) is 5.10. The Morgan fingerprint density at radius 1 is 1.35 bits per heavy atom. The molecule has 20 heavy (non-hydrogen) atoms. The zero-order valence-electron chi connectivity index (χ0n) is 9.96. The fraction of sp³-hybridized carbons (Fsp3) is 0.333. The quantitative estimate of drug-likeness (QED) is 0.683. The van der Waals surface area contributed by atoms with Gasteiger partial charge >= 0.3 is 12.3 Å². The Morgan fingerprint density at radius 2 is 2.05 bits per heavy atom. The van der Waals surface area contributed by atoms with Crippen LogP contribution in [-0.2, 0) is 0 Å². The fourth-order valence-corrected chi connectivity index (χ4v) is 1.69. The fourth-order valence-electron chi connectivity index (χ4n) is 1.69. The number of ketones is 1. The second-order valence-corrected chi connectivity index (χ2v) is 4.07. The van der Waals surface area contributed by atoms with E-state index in [2.05, 4.69) is 5.32 Å². The summed E-state index contributed by atoms with van der Waals surface area (Å²) in [5.41, 5.74) is -0.812. The monoisotopic (exact) mass is 291 g/mol. The highest BCUT2D eigenvalue weighted by Crippen LogP contribution is 2.30. The number of halogens is 4. The van der Waals surface area contributed by atoms with Crippen molar-refractivity contribution in [3.8, 4) is 5.75 Å². The summed E-state index contributed by atoms with van der Waals surface area (Å²) >= 11 is 0. The Labute approximate surface area is 110 Å². The molecule has 4 nitrogen and oxygen atoms in total. The summed E-state index contributed by atoms with van der Waals surface area (Å²) in [4.78, 5) is 23.0. The lowest BCUT2D eigenvalue weighted by molar-refractivity contribution is -0.0958. The van der Waals surface area contributed by atoms with Crippen molar-refractivity contribution in [2.24, 2.45) is 0 Å². The predicted octanol–water partition coefficient (Wildman–Crippen LogP) is 1.89. The number of hydrogen-bond acceptors (Lipinski definition) is 3. The number of amides is 1. The highest BCUT2D eigenvalue weighted by Gasteiger charge is 2.49. The molecule has 8 heteroatoms. The second-order valence-electron chi connectivity index (χ2n) is 4.07. The average molecular weight is 291 g/mol. The van der Waals surface area contributed by atoms with Crippen molar-refractivity contribution < 1.29 is 31.9 Å². The van der Waals surface area contributed by atoms with Crippen molar-refractivity contribution in [2.75, 3.05) is 13.2 Å². The number of nitrogens with one attached hydrogen (secondary N) is 1. The molecule has 0 atom stereocenters. The first-order chi connectivity index (χ1) is 9.34. The number of alkyl halides is 4. The first kappa shape index (κ1) is 14.3. The van der Waals surface area contributed by atoms with Gasteiger partial charge in [0, 0.05) is 5.56 Å². The van der Waals surface area contributed by atoms with Gasteiger partial charge in [-0.25, -0.2) is 8.78 Å². The average Bonchev–Trinajstić information content (AvgIpc) is 2.59. The van der Waals surface area contributed by atoms with Crippen LogP contribution in [0.5, 0.6) is 5.75 Å². The zero-order valence-corrected chi connectivity index (χ0v) is 9.96. The van der Waals surface area contributed by atoms with Crippen molar-refractivity contribution in [2.45, 2.75) is 12.3 Å². The summed E-state index contributed by atoms with van der Waals surface area (Å²) in [7, 11) is 0. The molecule has 1 aromatic rings. The minimum absolute atomic E-state index is 0.108. The van der Waals surface area contributed by atoms with Crippen molar-refractivity contribution in [1.82, 2.24) is 5.32 Å². The van der Waals surface area contributed by atoms with Crippen molar-refractivity contribution in [3.05, 3.63) is 29.3 Å². The van der Waals surface area contributed by atoms with Gasteiger partial charge in [-0.2, -0.15) is 8.78 Å². The van der Waals surface area contributed by atoms with E-state index in [1.807, 2.05) is 0 Å². The van der Waals surface area contributed by atoms with Crippen molar-refractivity contribution >= 4 is 11.7 Å². The Bertz CT molecular complexity index is 560. The first-order valence-corrected chi connectivity index (χ1v) is 5.60. The number of fused-ring (bicyclic) bond motifs is 1. The molecule has 0 aliphatic carbocycles. The molecule has 0 spiro atoms. The molecule has 1 N–H and O–H groups in total. The minimum Gasteiger partial charge on any atom is -0.491 e. The predicted molar refractivity (Wildman–Crippen MR) is 59.6 cm³/mol. The van der Waals surface area contributed by atoms with Crippen LogP contribution in [0, 0.1) is 0 Å². The Morgan fingerprint density at radius 3 is 2.70 bits per heavy atom. The Hall–Kier alpha value is -2.12. The maximum Gasteiger partial charge on any atom is 0.368 e. The Balaban J connectivity index is 2.41. The first-order valence-electron chi connectivity index (χ1n) is 5.60. The molecule has 0 saturated heterocycles. The molecule has 2 rings (SSSR count). The lowest BCUT2D eigenvalue weighted by atomic mass is 10.0. The normalized spacial score (nSPS) is 15.2. The van der Waals surface area contributed by atoms with E-state index in [4.69, 9.17) is 4.74 Å². The maximum absolute atomic E-state index is 13.0. The van der Waals surface area contributed by atoms with E-state index < -0.39 is 29.6 Å². The van der Waals surface area contributed by atoms with Gasteiger partial charge < -0.3 is 10.1 Å². The molecular weight excluding hydrogens is 282 g/mol. The number of Topliss-reactive ketones (excluding diaryl/α,β-unsaturated/α-hetero) is 1. The lowest BCUT2D eigenvalue weighted by Crippen LogP contribution is -2.36. The van der Waals surface area contributed by atoms with E-state index in [1.165, 1.54) is 0 Å². The third kappa shape index (κ3) is 2.45. The van der Waals surface area contributed by atoms with Crippen LogP contribution in [0.15, 0.2) is 18.2 Å². The molecule has 1 aromatic carbocycles. The van der Waals surface area contributed by atoms with Crippen LogP contribution in [0.25, 0.3) is 0 Å². The van der Waals surface area contributed by atoms with Crippen LogP contribution in [0.1, 0.15) is 20.7 Å². The van der Waals surface area contributed by atoms with E-state index in [-0.39, 0.29) is 24.5 Å². The van der Waals surface area contributed by atoms with Gasteiger partial charge in [-0.05, 0) is 18.2 Å². The summed E-state index contributed by atoms with van der Waals surface area (Å²) in [5, 5.41) is 2.42. The summed E-state index contributed by atoms with van der Waals surface area (Å²) < 4.78 is 55.5. The number of hydrogen-bond donors (Lipinski definition) is 1. The number of carbonyl (C=O) groups excluding carboxylic acids is 2. The molecule has 0 unspecified atom stereocenters. The summed E-state index contributed by atoms with van der Waals surface area (Å²) in [6, 6.07) is 2.89. The van der Waals surface area contributed by atoms with Gasteiger partial charge in [0.05, 0.1) is 12.1 Å². The largest absolute Gasteiger partial charge is 0.491 e. The van der Waals surface area contributed by atoms with Gasteiger partial charge in [-0.3, -0.25) is 9.59 Å². The number of rotatable bonds is 3. The topological polar surface area (TPSA) is 55.4 Å². The van der Waals surface area contributed by atoms with Crippen molar-refractivity contribution in [1.29, 1.82) is 0 Å². The van der Waals surface area contributed by atoms with Gasteiger partial charge in [0.1, 0.15) is 12.4 Å². The smallest absolute Gasteiger partial charge is 0.368 e. The highest BCUT2D eigenvalue weighted by molar-refractivity contribution is 6.05. The third-order valence-corrected chi connectivity index (χ3v) is 2.71. The lowest BCUT2D eigenvalue weighted by Gasteiger charge is -2.14. The minimum atomic E-state index is -4.80. The zero-order chi connectivity index (χ0) is 14.9. The SMILES string of the molecule is O=C1NCCOc2ccc(C(=O)C(F)(F)C(F)F)cc21. The number of benzene rings is 1. The molecule has 1 aliphatic heterocycles. The molecule has 0 aromatic heterocycles. The van der Waals surface area contributed by atoms with E-state index in [0.29, 0.717) is 0 Å². The van der Waals surface area contributed by atoms with Crippen LogP contribution < -0.4 is 10.1 Å². The number of carbonyl (C=O) groups is 2. The molecule has 0 radical (unpaired) electrons. The summed E-state index contributed by atoms with van der Waals surface area (Å²) in [6.07, 6.45) is -4.11. The van der Waals surface area contributed by atoms with Gasteiger partial charge in [0.15, 0.2) is 0 Å². The molecule has 0 fully saturated rings. The molecule has 0 saturated carbocycles. The van der Waals surface area contributed by atoms with E-state index in [1.54, 1.807) is 0 Å². The standard InChI is InChI=1S/C12H9F4NO3/c13-11(14)12(15,16)9(18)6-1-2-8-7(5-6)10(19)17-3-4-20-8/h1-2,5,11H,3-4H2,(H,17,19). The van der Waals surface area contributed by atoms with Crippen LogP contribution in [0.2, 0.25) is 0 Å². The molecule has 0 bridgehead atoms. The van der Waals surface area contributed by atoms with Gasteiger partial charge in [-0.15, -0.1) is 0 Å². The van der Waals surface area contributed by atoms with Crippen LogP contribution >= 0.6 is 0 Å². The van der Waals surface area contributed by atoms with E-state index in [0.717, 1.165) is 18.2 Å². The van der Waals surface area contributed by atoms with Gasteiger partial charge in [0.2, 0.25) is 5.78 Å². The van der Waals surface area contributed by atoms with Crippen molar-refractivity contribution in [3.63, 3.8) is 0 Å². The van der Waals surface area contributed by atoms with Crippen LogP contribution in [0.4, 0.5) is 17.6 Å². The van der Waals surface area contributed by atoms with E-state index >= 15 is 0 Å². The molecular formula is C12H9F4NO3. The summed E-state index contributed by atoms with van der Waals surface area (Å²) in [5.74, 6) is -7.34. The van der Waals surface area contributed by atoms with Gasteiger partial charge in [0.25, 0.3) is 5.91 Å². The Kier molecular flexibility index (Phi) is 3.65.